The molecule has 1 atom stereocenters. The number of hydrogen-bond donors (Lipinski definition) is 1. The molecule has 1 aliphatic rings. The van der Waals surface area contributed by atoms with Crippen LogP contribution in [-0.2, 0) is 12.8 Å². The highest BCUT2D eigenvalue weighted by atomic mass is 32.2. The van der Waals surface area contributed by atoms with Crippen molar-refractivity contribution < 1.29 is 4.74 Å². The average molecular weight is 299 g/mol. The van der Waals surface area contributed by atoms with Crippen LogP contribution in [0, 0.1) is 0 Å². The third-order valence-electron chi connectivity index (χ3n) is 4.08. The monoisotopic (exact) mass is 299 g/mol. The number of anilines is 1. The second-order valence-electron chi connectivity index (χ2n) is 5.45. The first-order valence-corrected chi connectivity index (χ1v) is 8.57. The van der Waals surface area contributed by atoms with Gasteiger partial charge in [0.15, 0.2) is 0 Å². The van der Waals surface area contributed by atoms with Crippen molar-refractivity contribution >= 4 is 17.4 Å². The van der Waals surface area contributed by atoms with Crippen LogP contribution in [0.1, 0.15) is 17.5 Å². The lowest BCUT2D eigenvalue weighted by molar-refractivity contribution is 0.413. The van der Waals surface area contributed by atoms with Crippen molar-refractivity contribution in [3.8, 4) is 5.75 Å². The van der Waals surface area contributed by atoms with Crippen molar-refractivity contribution in [3.63, 3.8) is 0 Å². The molecule has 0 bridgehead atoms. The van der Waals surface area contributed by atoms with E-state index in [1.165, 1.54) is 28.1 Å². The van der Waals surface area contributed by atoms with Crippen LogP contribution in [0.4, 0.5) is 5.69 Å². The van der Waals surface area contributed by atoms with Crippen LogP contribution in [0.5, 0.6) is 5.75 Å². The summed E-state index contributed by atoms with van der Waals surface area (Å²) in [4.78, 5) is 1.30. The van der Waals surface area contributed by atoms with E-state index in [2.05, 4.69) is 54.0 Å². The first-order chi connectivity index (χ1) is 10.3. The Balaban J connectivity index is 1.73. The van der Waals surface area contributed by atoms with Gasteiger partial charge in [0.2, 0.25) is 0 Å². The van der Waals surface area contributed by atoms with Crippen LogP contribution in [0.15, 0.2) is 47.4 Å². The largest absolute Gasteiger partial charge is 0.497 e. The minimum absolute atomic E-state index is 0.502. The van der Waals surface area contributed by atoms with Crippen LogP contribution in [0.3, 0.4) is 0 Å². The second-order valence-corrected chi connectivity index (χ2v) is 6.33. The Kier molecular flexibility index (Phi) is 4.39. The second kappa shape index (κ2) is 6.44. The molecule has 21 heavy (non-hydrogen) atoms. The van der Waals surface area contributed by atoms with Crippen LogP contribution in [0.2, 0.25) is 0 Å². The Labute approximate surface area is 130 Å². The molecule has 0 radical (unpaired) electrons. The van der Waals surface area contributed by atoms with Crippen molar-refractivity contribution in [2.45, 2.75) is 30.2 Å². The predicted octanol–water partition coefficient (Wildman–Crippen LogP) is 4.39. The van der Waals surface area contributed by atoms with E-state index in [4.69, 9.17) is 4.74 Å². The molecule has 0 aromatic heterocycles. The highest BCUT2D eigenvalue weighted by Gasteiger charge is 2.19. The summed E-state index contributed by atoms with van der Waals surface area (Å²) >= 11 is 1.78. The summed E-state index contributed by atoms with van der Waals surface area (Å²) in [5, 5.41) is 3.68. The van der Waals surface area contributed by atoms with Crippen LogP contribution < -0.4 is 10.1 Å². The molecule has 3 rings (SSSR count). The Morgan fingerprint density at radius 3 is 2.86 bits per heavy atom. The molecule has 2 aromatic rings. The molecule has 0 fully saturated rings. The molecule has 1 N–H and O–H groups in total. The van der Waals surface area contributed by atoms with Crippen LogP contribution in [-0.4, -0.2) is 19.4 Å². The predicted molar refractivity (Wildman–Crippen MR) is 90.7 cm³/mol. The Morgan fingerprint density at radius 2 is 2.05 bits per heavy atom. The average Bonchev–Trinajstić information content (AvgIpc) is 2.54. The number of nitrogens with one attached hydrogen (secondary N) is 1. The fourth-order valence-corrected chi connectivity index (χ4v) is 3.39. The summed E-state index contributed by atoms with van der Waals surface area (Å²) in [6.45, 7) is 0. The van der Waals surface area contributed by atoms with Gasteiger partial charge in [0.05, 0.1) is 7.11 Å². The van der Waals surface area contributed by atoms with Gasteiger partial charge >= 0.3 is 0 Å². The van der Waals surface area contributed by atoms with E-state index in [9.17, 15) is 0 Å². The van der Waals surface area contributed by atoms with Crippen molar-refractivity contribution in [1.29, 1.82) is 0 Å². The van der Waals surface area contributed by atoms with Gasteiger partial charge in [0, 0.05) is 16.6 Å². The molecule has 0 amide bonds. The number of ether oxygens (including phenoxy) is 1. The number of hydrogen-bond acceptors (Lipinski definition) is 3. The van der Waals surface area contributed by atoms with Gasteiger partial charge in [-0.25, -0.2) is 0 Å². The van der Waals surface area contributed by atoms with Crippen LogP contribution >= 0.6 is 11.8 Å². The lowest BCUT2D eigenvalue weighted by Gasteiger charge is -2.27. The molecule has 2 aromatic carbocycles. The van der Waals surface area contributed by atoms with Gasteiger partial charge in [-0.2, -0.15) is 0 Å². The molecular formula is C18H21NOS. The number of thioether (sulfide) groups is 1. The summed E-state index contributed by atoms with van der Waals surface area (Å²) in [6.07, 6.45) is 5.50. The molecule has 0 saturated carbocycles. The molecule has 0 spiro atoms. The maximum atomic E-state index is 5.34. The van der Waals surface area contributed by atoms with E-state index in [-0.39, 0.29) is 0 Å². The molecular weight excluding hydrogens is 278 g/mol. The SMILES string of the molecule is COc1ccc2c(c1)CC(Nc1cccc(SC)c1)CC2. The van der Waals surface area contributed by atoms with E-state index in [1.54, 1.807) is 18.9 Å². The summed E-state index contributed by atoms with van der Waals surface area (Å²) < 4.78 is 5.34. The zero-order valence-electron chi connectivity index (χ0n) is 12.6. The molecule has 3 heteroatoms. The summed E-state index contributed by atoms with van der Waals surface area (Å²) in [6, 6.07) is 15.6. The number of methoxy groups -OCH3 is 1. The Morgan fingerprint density at radius 1 is 1.14 bits per heavy atom. The van der Waals surface area contributed by atoms with Gasteiger partial charge in [-0.05, 0) is 67.0 Å². The maximum Gasteiger partial charge on any atom is 0.119 e. The van der Waals surface area contributed by atoms with Gasteiger partial charge in [0.1, 0.15) is 5.75 Å². The van der Waals surface area contributed by atoms with Gasteiger partial charge < -0.3 is 10.1 Å². The van der Waals surface area contributed by atoms with E-state index >= 15 is 0 Å². The van der Waals surface area contributed by atoms with E-state index < -0.39 is 0 Å². The first-order valence-electron chi connectivity index (χ1n) is 7.35. The molecule has 0 aliphatic heterocycles. The van der Waals surface area contributed by atoms with Crippen molar-refractivity contribution in [2.24, 2.45) is 0 Å². The van der Waals surface area contributed by atoms with Crippen molar-refractivity contribution in [1.82, 2.24) is 0 Å². The maximum absolute atomic E-state index is 5.34. The summed E-state index contributed by atoms with van der Waals surface area (Å²) in [5.41, 5.74) is 4.10. The standard InChI is InChI=1S/C18H21NOS/c1-20-17-9-7-13-6-8-16(10-14(13)11-17)19-15-4-3-5-18(12-15)21-2/h3-5,7,9,11-12,16,19H,6,8,10H2,1-2H3. The molecule has 2 nitrogen and oxygen atoms in total. The zero-order chi connectivity index (χ0) is 14.7. The van der Waals surface area contributed by atoms with E-state index in [0.717, 1.165) is 18.6 Å². The number of aryl methyl sites for hydroxylation is 1. The molecule has 0 heterocycles. The van der Waals surface area contributed by atoms with Crippen LogP contribution in [0.25, 0.3) is 0 Å². The zero-order valence-corrected chi connectivity index (χ0v) is 13.4. The fourth-order valence-electron chi connectivity index (χ4n) is 2.93. The minimum Gasteiger partial charge on any atom is -0.497 e. The number of fused-ring (bicyclic) bond motifs is 1. The Hall–Kier alpha value is -1.61. The minimum atomic E-state index is 0.502. The number of benzene rings is 2. The summed E-state index contributed by atoms with van der Waals surface area (Å²) in [5.74, 6) is 0.957. The fraction of sp³-hybridized carbons (Fsp3) is 0.333. The third kappa shape index (κ3) is 3.35. The van der Waals surface area contributed by atoms with Crippen molar-refractivity contribution in [3.05, 3.63) is 53.6 Å². The first kappa shape index (κ1) is 14.3. The quantitative estimate of drug-likeness (QED) is 0.846. The molecule has 1 unspecified atom stereocenters. The lowest BCUT2D eigenvalue weighted by atomic mass is 9.88. The smallest absolute Gasteiger partial charge is 0.119 e. The third-order valence-corrected chi connectivity index (χ3v) is 4.81. The number of rotatable bonds is 4. The molecule has 110 valence electrons. The van der Waals surface area contributed by atoms with Gasteiger partial charge in [-0.1, -0.05) is 12.1 Å². The molecule has 1 aliphatic carbocycles. The lowest BCUT2D eigenvalue weighted by Crippen LogP contribution is -2.27. The topological polar surface area (TPSA) is 21.3 Å². The van der Waals surface area contributed by atoms with E-state index in [0.29, 0.717) is 6.04 Å². The Bertz CT molecular complexity index is 626. The van der Waals surface area contributed by atoms with Gasteiger partial charge in [-0.15, -0.1) is 11.8 Å². The van der Waals surface area contributed by atoms with Gasteiger partial charge in [-0.3, -0.25) is 0 Å². The highest BCUT2D eigenvalue weighted by molar-refractivity contribution is 7.98. The molecule has 0 saturated heterocycles. The summed E-state index contributed by atoms with van der Waals surface area (Å²) in [7, 11) is 1.73. The van der Waals surface area contributed by atoms with E-state index in [1.807, 2.05) is 0 Å². The van der Waals surface area contributed by atoms with Crippen molar-refractivity contribution in [2.75, 3.05) is 18.7 Å². The normalized spacial score (nSPS) is 17.1. The van der Waals surface area contributed by atoms with Gasteiger partial charge in [0.25, 0.3) is 0 Å². The highest BCUT2D eigenvalue weighted by Crippen LogP contribution is 2.28.